The summed E-state index contributed by atoms with van der Waals surface area (Å²) in [5.74, 6) is 0. The highest BCUT2D eigenvalue weighted by molar-refractivity contribution is 7.89. The number of nitrogens with one attached hydrogen (secondary N) is 1. The van der Waals surface area contributed by atoms with Gasteiger partial charge in [-0.05, 0) is 68.9 Å². The van der Waals surface area contributed by atoms with Crippen molar-refractivity contribution in [2.45, 2.75) is 17.9 Å². The van der Waals surface area contributed by atoms with E-state index in [0.717, 1.165) is 26.1 Å². The summed E-state index contributed by atoms with van der Waals surface area (Å²) in [7, 11) is 3.66. The van der Waals surface area contributed by atoms with Crippen LogP contribution in [0.5, 0.6) is 0 Å². The second-order valence-corrected chi connectivity index (χ2v) is 10.5. The molecule has 0 aliphatic rings. The molecule has 1 aromatic carbocycles. The van der Waals surface area contributed by atoms with Crippen molar-refractivity contribution in [3.8, 4) is 0 Å². The van der Waals surface area contributed by atoms with Gasteiger partial charge in [-0.1, -0.05) is 12.1 Å². The molecule has 0 aliphatic carbocycles. The van der Waals surface area contributed by atoms with Gasteiger partial charge in [0.1, 0.15) is 0 Å². The standard InChI is InChI=1S/C19H28N4O2S3/c1-21(2)11-7-12-23(15-17-9-6-13-27-17)19(26)20-16-8-5-10-18(14-16)28(24,25)22(3)4/h5-6,8-10,13-14H,7,11-12,15H2,1-4H3,(H,20,26). The first kappa shape index (κ1) is 22.8. The maximum atomic E-state index is 12.4. The van der Waals surface area contributed by atoms with Gasteiger partial charge in [0.05, 0.1) is 11.4 Å². The summed E-state index contributed by atoms with van der Waals surface area (Å²) in [6.45, 7) is 2.52. The Morgan fingerprint density at radius 3 is 2.46 bits per heavy atom. The highest BCUT2D eigenvalue weighted by atomic mass is 32.2. The molecule has 154 valence electrons. The second kappa shape index (κ2) is 10.3. The Morgan fingerprint density at radius 1 is 1.11 bits per heavy atom. The molecule has 0 saturated carbocycles. The minimum atomic E-state index is -3.49. The van der Waals surface area contributed by atoms with E-state index in [1.165, 1.54) is 23.3 Å². The normalized spacial score (nSPS) is 11.8. The smallest absolute Gasteiger partial charge is 0.242 e. The molecule has 6 nitrogen and oxygen atoms in total. The maximum absolute atomic E-state index is 12.4. The molecule has 2 rings (SSSR count). The van der Waals surface area contributed by atoms with Gasteiger partial charge in [0.25, 0.3) is 0 Å². The highest BCUT2D eigenvalue weighted by Gasteiger charge is 2.18. The van der Waals surface area contributed by atoms with Gasteiger partial charge in [0.2, 0.25) is 10.0 Å². The third-order valence-electron chi connectivity index (χ3n) is 4.11. The molecule has 0 bridgehead atoms. The second-order valence-electron chi connectivity index (χ2n) is 6.90. The number of benzene rings is 1. The lowest BCUT2D eigenvalue weighted by atomic mass is 10.3. The molecular formula is C19H28N4O2S3. The van der Waals surface area contributed by atoms with Crippen LogP contribution in [0.3, 0.4) is 0 Å². The number of thiophene rings is 1. The monoisotopic (exact) mass is 440 g/mol. The molecule has 0 atom stereocenters. The van der Waals surface area contributed by atoms with Crippen LogP contribution in [0.2, 0.25) is 0 Å². The van der Waals surface area contributed by atoms with Crippen molar-refractivity contribution in [2.75, 3.05) is 46.6 Å². The summed E-state index contributed by atoms with van der Waals surface area (Å²) in [5.41, 5.74) is 0.664. The van der Waals surface area contributed by atoms with Gasteiger partial charge in [-0.15, -0.1) is 11.3 Å². The molecule has 28 heavy (non-hydrogen) atoms. The van der Waals surface area contributed by atoms with Crippen LogP contribution in [-0.2, 0) is 16.6 Å². The van der Waals surface area contributed by atoms with E-state index in [0.29, 0.717) is 10.8 Å². The molecular weight excluding hydrogens is 412 g/mol. The van der Waals surface area contributed by atoms with Crippen molar-refractivity contribution in [3.63, 3.8) is 0 Å². The van der Waals surface area contributed by atoms with Gasteiger partial charge < -0.3 is 15.1 Å². The lowest BCUT2D eigenvalue weighted by Gasteiger charge is -2.26. The first-order valence-electron chi connectivity index (χ1n) is 8.96. The summed E-state index contributed by atoms with van der Waals surface area (Å²) in [6.07, 6.45) is 0.981. The lowest BCUT2D eigenvalue weighted by molar-refractivity contribution is 0.347. The predicted octanol–water partition coefficient (Wildman–Crippen LogP) is 3.15. The van der Waals surface area contributed by atoms with E-state index in [-0.39, 0.29) is 4.90 Å². The van der Waals surface area contributed by atoms with Crippen LogP contribution < -0.4 is 5.32 Å². The Hall–Kier alpha value is -1.52. The zero-order valence-electron chi connectivity index (χ0n) is 16.8. The predicted molar refractivity (Wildman–Crippen MR) is 121 cm³/mol. The largest absolute Gasteiger partial charge is 0.344 e. The average molecular weight is 441 g/mol. The van der Waals surface area contributed by atoms with Crippen molar-refractivity contribution in [1.82, 2.24) is 14.1 Å². The number of nitrogens with zero attached hydrogens (tertiary/aromatic N) is 3. The fraction of sp³-hybridized carbons (Fsp3) is 0.421. The number of anilines is 1. The first-order chi connectivity index (χ1) is 13.2. The molecule has 1 N–H and O–H groups in total. The number of sulfonamides is 1. The van der Waals surface area contributed by atoms with E-state index >= 15 is 0 Å². The average Bonchev–Trinajstić information content (AvgIpc) is 3.13. The highest BCUT2D eigenvalue weighted by Crippen LogP contribution is 2.19. The Labute approximate surface area is 177 Å². The van der Waals surface area contributed by atoms with Gasteiger partial charge in [-0.3, -0.25) is 0 Å². The summed E-state index contributed by atoms with van der Waals surface area (Å²) in [6, 6.07) is 10.9. The number of rotatable bonds is 9. The van der Waals surface area contributed by atoms with Gasteiger partial charge in [0, 0.05) is 31.2 Å². The van der Waals surface area contributed by atoms with Gasteiger partial charge in [0.15, 0.2) is 5.11 Å². The van der Waals surface area contributed by atoms with Crippen LogP contribution in [0.25, 0.3) is 0 Å². The number of hydrogen-bond donors (Lipinski definition) is 1. The molecule has 0 spiro atoms. The molecule has 0 radical (unpaired) electrons. The van der Waals surface area contributed by atoms with Gasteiger partial charge in [-0.2, -0.15) is 0 Å². The molecule has 0 fully saturated rings. The van der Waals surface area contributed by atoms with Gasteiger partial charge >= 0.3 is 0 Å². The Morgan fingerprint density at radius 2 is 1.86 bits per heavy atom. The Bertz CT molecular complexity index is 865. The Kier molecular flexibility index (Phi) is 8.38. The summed E-state index contributed by atoms with van der Waals surface area (Å²) in [5, 5.41) is 5.85. The minimum Gasteiger partial charge on any atom is -0.344 e. The Balaban J connectivity index is 2.13. The molecule has 2 aromatic rings. The van der Waals surface area contributed by atoms with E-state index in [1.54, 1.807) is 29.5 Å². The SMILES string of the molecule is CN(C)CCCN(Cc1cccs1)C(=S)Nc1cccc(S(=O)(=O)N(C)C)c1. The van der Waals surface area contributed by atoms with Gasteiger partial charge in [-0.25, -0.2) is 12.7 Å². The van der Waals surface area contributed by atoms with Crippen LogP contribution in [-0.4, -0.2) is 68.9 Å². The van der Waals surface area contributed by atoms with Crippen molar-refractivity contribution in [2.24, 2.45) is 0 Å². The lowest BCUT2D eigenvalue weighted by Crippen LogP contribution is -2.36. The van der Waals surface area contributed by atoms with E-state index in [4.69, 9.17) is 12.2 Å². The third-order valence-corrected chi connectivity index (χ3v) is 7.14. The summed E-state index contributed by atoms with van der Waals surface area (Å²) in [4.78, 5) is 5.74. The number of hydrogen-bond acceptors (Lipinski definition) is 5. The molecule has 1 heterocycles. The van der Waals surface area contributed by atoms with Crippen molar-refractivity contribution >= 4 is 44.4 Å². The zero-order valence-corrected chi connectivity index (χ0v) is 19.2. The van der Waals surface area contributed by atoms with Crippen LogP contribution in [0, 0.1) is 0 Å². The van der Waals surface area contributed by atoms with Crippen molar-refractivity contribution < 1.29 is 8.42 Å². The minimum absolute atomic E-state index is 0.239. The van der Waals surface area contributed by atoms with E-state index in [1.807, 2.05) is 12.1 Å². The van der Waals surface area contributed by atoms with E-state index in [2.05, 4.69) is 40.7 Å². The quantitative estimate of drug-likeness (QED) is 0.605. The van der Waals surface area contributed by atoms with E-state index < -0.39 is 10.0 Å². The first-order valence-corrected chi connectivity index (χ1v) is 11.7. The van der Waals surface area contributed by atoms with Crippen LogP contribution in [0.4, 0.5) is 5.69 Å². The zero-order chi connectivity index (χ0) is 20.7. The number of thiocarbonyl (C=S) groups is 1. The maximum Gasteiger partial charge on any atom is 0.242 e. The summed E-state index contributed by atoms with van der Waals surface area (Å²) >= 11 is 7.34. The third kappa shape index (κ3) is 6.52. The molecule has 9 heteroatoms. The summed E-state index contributed by atoms with van der Waals surface area (Å²) < 4.78 is 25.9. The molecule has 1 aromatic heterocycles. The van der Waals surface area contributed by atoms with Crippen molar-refractivity contribution in [3.05, 3.63) is 46.7 Å². The van der Waals surface area contributed by atoms with Crippen molar-refractivity contribution in [1.29, 1.82) is 0 Å². The molecule has 0 unspecified atom stereocenters. The van der Waals surface area contributed by atoms with E-state index in [9.17, 15) is 8.42 Å². The van der Waals surface area contributed by atoms with Crippen LogP contribution in [0.1, 0.15) is 11.3 Å². The van der Waals surface area contributed by atoms with Crippen LogP contribution in [0.15, 0.2) is 46.7 Å². The molecule has 0 amide bonds. The van der Waals surface area contributed by atoms with Crippen LogP contribution >= 0.6 is 23.6 Å². The fourth-order valence-corrected chi connectivity index (χ4v) is 4.51. The fourth-order valence-electron chi connectivity index (χ4n) is 2.57. The molecule has 0 aliphatic heterocycles. The topological polar surface area (TPSA) is 55.9 Å². The molecule has 0 saturated heterocycles.